The van der Waals surface area contributed by atoms with Crippen molar-refractivity contribution in [3.05, 3.63) is 64.2 Å². The molecule has 5 rings (SSSR count). The van der Waals surface area contributed by atoms with Gasteiger partial charge in [-0.05, 0) is 44.2 Å². The molecule has 4 N–H and O–H groups in total. The zero-order valence-electron chi connectivity index (χ0n) is 23.1. The summed E-state index contributed by atoms with van der Waals surface area (Å²) in [6, 6.07) is 9.11. The Hall–Kier alpha value is -4.74. The highest BCUT2D eigenvalue weighted by atomic mass is 16.5. The topological polar surface area (TPSA) is 135 Å². The summed E-state index contributed by atoms with van der Waals surface area (Å²) in [6.07, 6.45) is 3.14. The monoisotopic (exact) mass is 546 g/mol. The van der Waals surface area contributed by atoms with Crippen LogP contribution in [0.25, 0.3) is 0 Å². The number of piperazine rings is 1. The van der Waals surface area contributed by atoms with Crippen LogP contribution in [-0.2, 0) is 0 Å². The van der Waals surface area contributed by atoms with E-state index in [1.54, 1.807) is 43.4 Å². The summed E-state index contributed by atoms with van der Waals surface area (Å²) in [6.45, 7) is 7.26. The van der Waals surface area contributed by atoms with Crippen LogP contribution in [0.1, 0.15) is 22.8 Å². The number of carbonyl (C=O) groups excluding carboxylic acids is 2. The fourth-order valence-corrected chi connectivity index (χ4v) is 4.82. The minimum absolute atomic E-state index is 0.0132. The molecular formula is C28H34N8O4. The summed E-state index contributed by atoms with van der Waals surface area (Å²) >= 11 is 0. The molecule has 12 heteroatoms. The summed E-state index contributed by atoms with van der Waals surface area (Å²) in [7, 11) is 3.51. The van der Waals surface area contributed by atoms with Crippen LogP contribution < -0.4 is 31.1 Å². The van der Waals surface area contributed by atoms with Gasteiger partial charge in [0.15, 0.2) is 0 Å². The average Bonchev–Trinajstić information content (AvgIpc) is 2.94. The van der Waals surface area contributed by atoms with Gasteiger partial charge in [-0.15, -0.1) is 0 Å². The number of nitrogens with zero attached hydrogens (tertiary/aromatic N) is 4. The summed E-state index contributed by atoms with van der Waals surface area (Å²) < 4.78 is 5.79. The lowest BCUT2D eigenvalue weighted by atomic mass is 10.1. The number of amides is 3. The van der Waals surface area contributed by atoms with Crippen molar-refractivity contribution < 1.29 is 14.3 Å². The Morgan fingerprint density at radius 3 is 2.50 bits per heavy atom. The van der Waals surface area contributed by atoms with Crippen molar-refractivity contribution in [2.24, 2.45) is 0 Å². The molecule has 0 bridgehead atoms. The largest absolute Gasteiger partial charge is 0.471 e. The molecule has 2 aromatic heterocycles. The fourth-order valence-electron chi connectivity index (χ4n) is 4.82. The van der Waals surface area contributed by atoms with E-state index in [0.29, 0.717) is 42.6 Å². The highest BCUT2D eigenvalue weighted by molar-refractivity contribution is 6.08. The molecule has 4 heterocycles. The zero-order chi connectivity index (χ0) is 28.4. The third-order valence-electron chi connectivity index (χ3n) is 7.06. The molecular weight excluding hydrogens is 512 g/mol. The fraction of sp³-hybridized carbons (Fsp3) is 0.357. The number of pyridine rings is 2. The second-order valence-corrected chi connectivity index (χ2v) is 10.2. The maximum Gasteiger partial charge on any atom is 0.319 e. The summed E-state index contributed by atoms with van der Waals surface area (Å²) in [5.74, 6) is -0.00942. The highest BCUT2D eigenvalue weighted by Crippen LogP contribution is 2.35. The van der Waals surface area contributed by atoms with E-state index < -0.39 is 11.5 Å². The van der Waals surface area contributed by atoms with Gasteiger partial charge in [-0.25, -0.2) is 9.78 Å². The molecule has 40 heavy (non-hydrogen) atoms. The predicted molar refractivity (Wildman–Crippen MR) is 155 cm³/mol. The molecule has 1 unspecified atom stereocenters. The number of rotatable bonds is 5. The van der Waals surface area contributed by atoms with Gasteiger partial charge in [-0.3, -0.25) is 9.59 Å². The number of aromatic amines is 1. The number of fused-ring (bicyclic) bond motifs is 1. The summed E-state index contributed by atoms with van der Waals surface area (Å²) in [5, 5.41) is 9.37. The minimum Gasteiger partial charge on any atom is -0.471 e. The number of nitrogens with one attached hydrogen (secondary N) is 4. The molecule has 3 amide bonds. The predicted octanol–water partition coefficient (Wildman–Crippen LogP) is 3.07. The van der Waals surface area contributed by atoms with E-state index in [0.717, 1.165) is 30.0 Å². The van der Waals surface area contributed by atoms with Gasteiger partial charge in [0.25, 0.3) is 11.5 Å². The van der Waals surface area contributed by atoms with E-state index >= 15 is 0 Å². The first-order valence-electron chi connectivity index (χ1n) is 13.2. The lowest BCUT2D eigenvalue weighted by Crippen LogP contribution is -2.51. The Kier molecular flexibility index (Phi) is 7.50. The van der Waals surface area contributed by atoms with Crippen molar-refractivity contribution in [1.82, 2.24) is 19.8 Å². The Labute approximate surface area is 232 Å². The number of benzene rings is 1. The smallest absolute Gasteiger partial charge is 0.319 e. The Morgan fingerprint density at radius 1 is 1.07 bits per heavy atom. The SMILES string of the molecule is Cc1c(Nc2cc[nH]c(=O)c2C(=O)Nc2ccc(N3CCN(C(=O)N(C)C)CC3)cc2)cnc2c1NCC(C)O2. The molecule has 1 atom stereocenters. The van der Waals surface area contributed by atoms with E-state index in [1.807, 2.05) is 30.9 Å². The molecule has 0 radical (unpaired) electrons. The van der Waals surface area contributed by atoms with E-state index in [2.05, 4.69) is 30.8 Å². The molecule has 0 aliphatic carbocycles. The number of hydrogen-bond donors (Lipinski definition) is 4. The molecule has 3 aromatic rings. The van der Waals surface area contributed by atoms with Crippen LogP contribution in [0.2, 0.25) is 0 Å². The van der Waals surface area contributed by atoms with Crippen molar-refractivity contribution in [2.45, 2.75) is 20.0 Å². The molecule has 210 valence electrons. The number of aromatic nitrogens is 2. The van der Waals surface area contributed by atoms with Gasteiger partial charge < -0.3 is 40.4 Å². The molecule has 1 aromatic carbocycles. The van der Waals surface area contributed by atoms with Gasteiger partial charge >= 0.3 is 6.03 Å². The first kappa shape index (κ1) is 26.9. The van der Waals surface area contributed by atoms with Crippen molar-refractivity contribution in [2.75, 3.05) is 67.7 Å². The van der Waals surface area contributed by atoms with Crippen LogP contribution in [0.4, 0.5) is 33.2 Å². The highest BCUT2D eigenvalue weighted by Gasteiger charge is 2.24. The maximum absolute atomic E-state index is 13.3. The van der Waals surface area contributed by atoms with E-state index in [9.17, 15) is 14.4 Å². The zero-order valence-corrected chi connectivity index (χ0v) is 23.1. The van der Waals surface area contributed by atoms with Crippen molar-refractivity contribution in [3.63, 3.8) is 0 Å². The Bertz CT molecular complexity index is 1460. The number of anilines is 5. The lowest BCUT2D eigenvalue weighted by molar-refractivity contribution is 0.102. The van der Waals surface area contributed by atoms with E-state index in [4.69, 9.17) is 4.74 Å². The minimum atomic E-state index is -0.535. The Balaban J connectivity index is 1.28. The third-order valence-corrected chi connectivity index (χ3v) is 7.06. The standard InChI is InChI=1S/C28H34N8O4/c1-17-15-30-24-18(2)22(16-31-27(24)40-17)33-21-9-10-29-25(37)23(21)26(38)32-19-5-7-20(8-6-19)35-11-13-36(14-12-35)28(39)34(3)4/h5-10,16-17,30H,11-15H2,1-4H3,(H,32,38)(H2,29,33,37). The van der Waals surface area contributed by atoms with Crippen molar-refractivity contribution in [3.8, 4) is 5.88 Å². The van der Waals surface area contributed by atoms with E-state index in [1.165, 1.54) is 6.20 Å². The average molecular weight is 547 g/mol. The summed E-state index contributed by atoms with van der Waals surface area (Å²) in [4.78, 5) is 50.8. The van der Waals surface area contributed by atoms with Gasteiger partial charge in [-0.1, -0.05) is 0 Å². The first-order valence-corrected chi connectivity index (χ1v) is 13.2. The number of H-pyrrole nitrogens is 1. The van der Waals surface area contributed by atoms with Crippen LogP contribution in [0, 0.1) is 6.92 Å². The molecule has 1 fully saturated rings. The molecule has 2 aliphatic heterocycles. The van der Waals surface area contributed by atoms with Gasteiger partial charge in [0.05, 0.1) is 24.1 Å². The normalized spacial score (nSPS) is 16.4. The Morgan fingerprint density at radius 2 is 1.80 bits per heavy atom. The number of hydrogen-bond acceptors (Lipinski definition) is 8. The van der Waals surface area contributed by atoms with Crippen LogP contribution in [0.3, 0.4) is 0 Å². The molecule has 1 saturated heterocycles. The molecule has 0 saturated carbocycles. The summed E-state index contributed by atoms with van der Waals surface area (Å²) in [5.41, 5.74) is 3.67. The number of urea groups is 1. The third kappa shape index (κ3) is 5.51. The molecule has 12 nitrogen and oxygen atoms in total. The van der Waals surface area contributed by atoms with Crippen molar-refractivity contribution >= 4 is 40.4 Å². The van der Waals surface area contributed by atoms with Gasteiger partial charge in [0.2, 0.25) is 5.88 Å². The maximum atomic E-state index is 13.3. The van der Waals surface area contributed by atoms with Gasteiger partial charge in [0.1, 0.15) is 17.4 Å². The van der Waals surface area contributed by atoms with E-state index in [-0.39, 0.29) is 17.7 Å². The second kappa shape index (κ2) is 11.2. The van der Waals surface area contributed by atoms with Gasteiger partial charge in [-0.2, -0.15) is 0 Å². The molecule has 0 spiro atoms. The quantitative estimate of drug-likeness (QED) is 0.384. The first-order chi connectivity index (χ1) is 19.2. The van der Waals surface area contributed by atoms with Crippen molar-refractivity contribution in [1.29, 1.82) is 0 Å². The van der Waals surface area contributed by atoms with Gasteiger partial charge in [0, 0.05) is 63.4 Å². The van der Waals surface area contributed by atoms with Crippen LogP contribution in [0.5, 0.6) is 5.88 Å². The molecule has 2 aliphatic rings. The lowest BCUT2D eigenvalue weighted by Gasteiger charge is -2.37. The van der Waals surface area contributed by atoms with Crippen LogP contribution in [0.15, 0.2) is 47.5 Å². The van der Waals surface area contributed by atoms with Crippen LogP contribution in [-0.4, -0.2) is 84.6 Å². The number of ether oxygens (including phenoxy) is 1. The number of carbonyl (C=O) groups is 2. The van der Waals surface area contributed by atoms with Crippen LogP contribution >= 0.6 is 0 Å². The second-order valence-electron chi connectivity index (χ2n) is 10.2.